The Morgan fingerprint density at radius 1 is 1.29 bits per heavy atom. The van der Waals surface area contributed by atoms with Crippen molar-refractivity contribution in [3.63, 3.8) is 0 Å². The lowest BCUT2D eigenvalue weighted by molar-refractivity contribution is -0.137. The van der Waals surface area contributed by atoms with Crippen LogP contribution in [-0.2, 0) is 9.59 Å². The molecule has 7 heteroatoms. The number of carbonyl (C=O) groups excluding carboxylic acids is 2. The zero-order chi connectivity index (χ0) is 16.0. The highest BCUT2D eigenvalue weighted by Gasteiger charge is 2.34. The molecule has 1 atom stereocenters. The summed E-state index contributed by atoms with van der Waals surface area (Å²) in [4.78, 5) is 35.7. The summed E-state index contributed by atoms with van der Waals surface area (Å²) in [5, 5.41) is 14.3. The number of hydrogen-bond acceptors (Lipinski definition) is 3. The van der Waals surface area contributed by atoms with Crippen LogP contribution in [0.25, 0.3) is 0 Å². The van der Waals surface area contributed by atoms with E-state index >= 15 is 0 Å². The Morgan fingerprint density at radius 2 is 1.90 bits per heavy atom. The standard InChI is InChI=1S/C14H25N3O4/c1-9(2)7-15-12(18)8-17(3)14(21)16-11(6-13(19)20)10-4-5-10/h9-11H,4-8H2,1-3H3,(H,15,18)(H,16,21)(H,19,20). The van der Waals surface area contributed by atoms with E-state index in [-0.39, 0.29) is 30.8 Å². The summed E-state index contributed by atoms with van der Waals surface area (Å²) in [5.74, 6) is -0.553. The Morgan fingerprint density at radius 3 is 2.38 bits per heavy atom. The van der Waals surface area contributed by atoms with Crippen molar-refractivity contribution in [3.8, 4) is 0 Å². The van der Waals surface area contributed by atoms with Gasteiger partial charge in [-0.1, -0.05) is 13.8 Å². The van der Waals surface area contributed by atoms with Gasteiger partial charge in [-0.15, -0.1) is 0 Å². The third-order valence-corrected chi connectivity index (χ3v) is 3.33. The zero-order valence-corrected chi connectivity index (χ0v) is 12.9. The van der Waals surface area contributed by atoms with E-state index in [2.05, 4.69) is 10.6 Å². The minimum Gasteiger partial charge on any atom is -0.481 e. The molecule has 7 nitrogen and oxygen atoms in total. The monoisotopic (exact) mass is 299 g/mol. The molecule has 0 aromatic heterocycles. The fourth-order valence-electron chi connectivity index (χ4n) is 1.95. The first-order valence-electron chi connectivity index (χ1n) is 7.29. The molecule has 21 heavy (non-hydrogen) atoms. The van der Waals surface area contributed by atoms with Crippen molar-refractivity contribution in [3.05, 3.63) is 0 Å². The maximum atomic E-state index is 12.0. The van der Waals surface area contributed by atoms with Gasteiger partial charge in [0.1, 0.15) is 6.54 Å². The minimum atomic E-state index is -0.926. The van der Waals surface area contributed by atoms with E-state index in [4.69, 9.17) is 5.11 Å². The summed E-state index contributed by atoms with van der Waals surface area (Å²) in [6.07, 6.45) is 1.80. The Bertz CT molecular complexity index is 394. The van der Waals surface area contributed by atoms with Crippen molar-refractivity contribution in [1.82, 2.24) is 15.5 Å². The Hall–Kier alpha value is -1.79. The van der Waals surface area contributed by atoms with Gasteiger partial charge in [-0.25, -0.2) is 4.79 Å². The molecule has 1 aliphatic carbocycles. The highest BCUT2D eigenvalue weighted by molar-refractivity contribution is 5.84. The minimum absolute atomic E-state index is 0.0387. The molecule has 1 unspecified atom stereocenters. The van der Waals surface area contributed by atoms with Crippen LogP contribution in [0.3, 0.4) is 0 Å². The van der Waals surface area contributed by atoms with Crippen LogP contribution in [0.15, 0.2) is 0 Å². The van der Waals surface area contributed by atoms with Crippen LogP contribution in [0.2, 0.25) is 0 Å². The number of nitrogens with zero attached hydrogens (tertiary/aromatic N) is 1. The van der Waals surface area contributed by atoms with E-state index in [1.165, 1.54) is 11.9 Å². The molecule has 1 saturated carbocycles. The molecule has 120 valence electrons. The van der Waals surface area contributed by atoms with Crippen molar-refractivity contribution in [2.45, 2.75) is 39.2 Å². The Labute approximate surface area is 125 Å². The fraction of sp³-hybridized carbons (Fsp3) is 0.786. The molecule has 0 aromatic rings. The van der Waals surface area contributed by atoms with Gasteiger partial charge >= 0.3 is 12.0 Å². The maximum absolute atomic E-state index is 12.0. The van der Waals surface area contributed by atoms with Crippen LogP contribution in [0.5, 0.6) is 0 Å². The predicted molar refractivity (Wildman–Crippen MR) is 77.8 cm³/mol. The van der Waals surface area contributed by atoms with E-state index < -0.39 is 12.0 Å². The SMILES string of the molecule is CC(C)CNC(=O)CN(C)C(=O)NC(CC(=O)O)C1CC1. The van der Waals surface area contributed by atoms with Crippen molar-refractivity contribution >= 4 is 17.9 Å². The average Bonchev–Trinajstić information content (AvgIpc) is 3.19. The van der Waals surface area contributed by atoms with Crippen molar-refractivity contribution in [1.29, 1.82) is 0 Å². The van der Waals surface area contributed by atoms with Crippen LogP contribution >= 0.6 is 0 Å². The van der Waals surface area contributed by atoms with Crippen molar-refractivity contribution in [2.75, 3.05) is 20.1 Å². The van der Waals surface area contributed by atoms with Gasteiger partial charge in [-0.05, 0) is 24.7 Å². The quantitative estimate of drug-likeness (QED) is 0.613. The molecule has 0 saturated heterocycles. The highest BCUT2D eigenvalue weighted by Crippen LogP contribution is 2.34. The van der Waals surface area contributed by atoms with Gasteiger partial charge in [0.2, 0.25) is 5.91 Å². The number of amides is 3. The number of carboxylic acid groups (broad SMARTS) is 1. The zero-order valence-electron chi connectivity index (χ0n) is 12.9. The lowest BCUT2D eigenvalue weighted by Crippen LogP contribution is -2.48. The maximum Gasteiger partial charge on any atom is 0.317 e. The molecule has 1 aliphatic rings. The molecule has 0 aliphatic heterocycles. The fourth-order valence-corrected chi connectivity index (χ4v) is 1.95. The number of aliphatic carboxylic acids is 1. The van der Waals surface area contributed by atoms with Crippen LogP contribution in [0.1, 0.15) is 33.1 Å². The van der Waals surface area contributed by atoms with E-state index in [1.807, 2.05) is 13.8 Å². The number of rotatable bonds is 8. The number of likely N-dealkylation sites (N-methyl/N-ethyl adjacent to an activating group) is 1. The molecule has 0 aromatic carbocycles. The van der Waals surface area contributed by atoms with Gasteiger partial charge in [0, 0.05) is 19.6 Å². The average molecular weight is 299 g/mol. The molecule has 3 N–H and O–H groups in total. The number of carbonyl (C=O) groups is 3. The summed E-state index contributed by atoms with van der Waals surface area (Å²) >= 11 is 0. The lowest BCUT2D eigenvalue weighted by Gasteiger charge is -2.22. The number of nitrogens with one attached hydrogen (secondary N) is 2. The summed E-state index contributed by atoms with van der Waals surface area (Å²) in [7, 11) is 1.52. The second kappa shape index (κ2) is 7.85. The largest absolute Gasteiger partial charge is 0.481 e. The van der Waals surface area contributed by atoms with Gasteiger partial charge in [0.05, 0.1) is 6.42 Å². The summed E-state index contributed by atoms with van der Waals surface area (Å²) in [5.41, 5.74) is 0. The number of carboxylic acids is 1. The van der Waals surface area contributed by atoms with Gasteiger partial charge < -0.3 is 20.6 Å². The van der Waals surface area contributed by atoms with Crippen LogP contribution in [0, 0.1) is 11.8 Å². The van der Waals surface area contributed by atoms with Gasteiger partial charge in [-0.3, -0.25) is 9.59 Å². The number of hydrogen-bond donors (Lipinski definition) is 3. The van der Waals surface area contributed by atoms with Gasteiger partial charge in [0.25, 0.3) is 0 Å². The van der Waals surface area contributed by atoms with E-state index in [9.17, 15) is 14.4 Å². The van der Waals surface area contributed by atoms with Crippen LogP contribution in [0.4, 0.5) is 4.79 Å². The molecule has 0 spiro atoms. The van der Waals surface area contributed by atoms with Crippen LogP contribution < -0.4 is 10.6 Å². The van der Waals surface area contributed by atoms with Gasteiger partial charge in [-0.2, -0.15) is 0 Å². The highest BCUT2D eigenvalue weighted by atomic mass is 16.4. The normalized spacial score (nSPS) is 15.4. The summed E-state index contributed by atoms with van der Waals surface area (Å²) < 4.78 is 0. The molecular formula is C14H25N3O4. The predicted octanol–water partition coefficient (Wildman–Crippen LogP) is 0.653. The van der Waals surface area contributed by atoms with Crippen LogP contribution in [-0.4, -0.2) is 54.1 Å². The summed E-state index contributed by atoms with van der Waals surface area (Å²) in [6.45, 7) is 4.51. The molecule has 1 fully saturated rings. The summed E-state index contributed by atoms with van der Waals surface area (Å²) in [6, 6.07) is -0.760. The smallest absolute Gasteiger partial charge is 0.317 e. The van der Waals surface area contributed by atoms with E-state index in [1.54, 1.807) is 0 Å². The molecule has 3 amide bonds. The first-order chi connectivity index (χ1) is 9.79. The first kappa shape index (κ1) is 17.3. The lowest BCUT2D eigenvalue weighted by atomic mass is 10.1. The number of urea groups is 1. The Kier molecular flexibility index (Phi) is 6.45. The van der Waals surface area contributed by atoms with Gasteiger partial charge in [0.15, 0.2) is 0 Å². The molecular weight excluding hydrogens is 274 g/mol. The second-order valence-electron chi connectivity index (χ2n) is 6.05. The molecule has 0 heterocycles. The van der Waals surface area contributed by atoms with Crippen molar-refractivity contribution in [2.24, 2.45) is 11.8 Å². The van der Waals surface area contributed by atoms with E-state index in [0.717, 1.165) is 12.8 Å². The molecule has 0 bridgehead atoms. The third-order valence-electron chi connectivity index (χ3n) is 3.33. The second-order valence-corrected chi connectivity index (χ2v) is 6.05. The van der Waals surface area contributed by atoms with Crippen molar-refractivity contribution < 1.29 is 19.5 Å². The Balaban J connectivity index is 2.38. The molecule has 1 rings (SSSR count). The van der Waals surface area contributed by atoms with E-state index in [0.29, 0.717) is 12.5 Å². The topological polar surface area (TPSA) is 98.7 Å². The first-order valence-corrected chi connectivity index (χ1v) is 7.29. The third kappa shape index (κ3) is 6.97. The molecule has 0 radical (unpaired) electrons.